The molecule has 2 aliphatic heterocycles. The Bertz CT molecular complexity index is 2210. The summed E-state index contributed by atoms with van der Waals surface area (Å²) in [5, 5.41) is 110. The van der Waals surface area contributed by atoms with Gasteiger partial charge in [0.25, 0.3) is 0 Å². The summed E-state index contributed by atoms with van der Waals surface area (Å²) in [5.41, 5.74) is 0. The van der Waals surface area contributed by atoms with Gasteiger partial charge in [0.1, 0.15) is 98.7 Å². The maximum Gasteiger partial charge on any atom is 0.472 e. The number of phosphoric ester groups is 1. The van der Waals surface area contributed by atoms with Gasteiger partial charge in [-0.2, -0.15) is 0 Å². The lowest BCUT2D eigenvalue weighted by Gasteiger charge is -2.49. The highest BCUT2D eigenvalue weighted by Crippen LogP contribution is 2.49. The van der Waals surface area contributed by atoms with Gasteiger partial charge in [-0.25, -0.2) is 9.36 Å². The Hall–Kier alpha value is -2.56. The van der Waals surface area contributed by atoms with Gasteiger partial charge in [-0.05, 0) is 31.6 Å². The molecule has 0 amide bonds. The maximum atomic E-state index is 14.4. The summed E-state index contributed by atoms with van der Waals surface area (Å²) >= 11 is 0. The van der Waals surface area contributed by atoms with Crippen LogP contribution in [-0.4, -0.2) is 204 Å². The highest BCUT2D eigenvalue weighted by molar-refractivity contribution is 7.47. The number of ether oxygens (including phenoxy) is 7. The molecule has 24 nitrogen and oxygen atoms in total. The van der Waals surface area contributed by atoms with E-state index in [9.17, 15) is 74.9 Å². The van der Waals surface area contributed by atoms with Crippen LogP contribution in [0.4, 0.5) is 0 Å². The van der Waals surface area contributed by atoms with Crippen molar-refractivity contribution in [3.8, 4) is 0 Å². The number of hydrogen-bond acceptors (Lipinski definition) is 23. The standard InChI is InChI=1S/C77H141O24P/c1-5-8-11-14-17-19-21-23-25-27-29-30-32-34-40-45-50-61(79)93-54-58(96-63(81)52-47-42-37-36-39-44-49-57(4)48-43-38-16-13-10-7-3)55-95-102(91,92)101-75-73(99-76-71(89)66(84)64(82)59(53-78)97-76)69(87)68(86)70(88)74(75)100-77-72(90)67(85)65(83)60(98-77)56-94-62(80)51-46-41-35-33-31-28-26-24-22-20-18-15-12-9-6-2/h35,41,46,51,57-60,64-78,82-90H,5-34,36-40,42-45,47-50,52-56H2,1-4H3,(H,91,92)/b41-35+,51-46+. The Balaban J connectivity index is 1.73. The maximum absolute atomic E-state index is 14.4. The summed E-state index contributed by atoms with van der Waals surface area (Å²) < 4.78 is 65.0. The predicted molar refractivity (Wildman–Crippen MR) is 388 cm³/mol. The zero-order valence-electron chi connectivity index (χ0n) is 62.8. The molecular weight excluding hydrogens is 1340 g/mol. The van der Waals surface area contributed by atoms with E-state index in [0.717, 1.165) is 89.5 Å². The molecule has 19 unspecified atom stereocenters. The van der Waals surface area contributed by atoms with Gasteiger partial charge in [0.2, 0.25) is 0 Å². The minimum atomic E-state index is -5.71. The number of aliphatic hydroxyl groups excluding tert-OH is 10. The van der Waals surface area contributed by atoms with Crippen molar-refractivity contribution in [2.75, 3.05) is 26.4 Å². The van der Waals surface area contributed by atoms with Crippen molar-refractivity contribution < 1.29 is 117 Å². The van der Waals surface area contributed by atoms with Crippen LogP contribution in [0.2, 0.25) is 0 Å². The van der Waals surface area contributed by atoms with Crippen LogP contribution in [0.1, 0.15) is 310 Å². The third kappa shape index (κ3) is 40.0. The number of carbonyl (C=O) groups excluding carboxylic acids is 3. The van der Waals surface area contributed by atoms with Gasteiger partial charge in [0, 0.05) is 18.9 Å². The summed E-state index contributed by atoms with van der Waals surface area (Å²) in [6.07, 6.45) is 18.6. The fourth-order valence-electron chi connectivity index (χ4n) is 13.4. The summed E-state index contributed by atoms with van der Waals surface area (Å²) in [6, 6.07) is 0. The number of phosphoric acid groups is 1. The van der Waals surface area contributed by atoms with Crippen molar-refractivity contribution in [1.29, 1.82) is 0 Å². The first kappa shape index (κ1) is 93.6. The van der Waals surface area contributed by atoms with Crippen LogP contribution in [-0.2, 0) is 61.2 Å². The monoisotopic (exact) mass is 1480 g/mol. The van der Waals surface area contributed by atoms with Crippen molar-refractivity contribution in [3.63, 3.8) is 0 Å². The molecule has 598 valence electrons. The Labute approximate surface area is 611 Å². The number of carbonyl (C=O) groups is 3. The van der Waals surface area contributed by atoms with Gasteiger partial charge in [-0.3, -0.25) is 18.6 Å². The van der Waals surface area contributed by atoms with Gasteiger partial charge in [0.05, 0.1) is 13.2 Å². The van der Waals surface area contributed by atoms with Crippen LogP contribution in [0.5, 0.6) is 0 Å². The number of hydrogen-bond donors (Lipinski definition) is 11. The van der Waals surface area contributed by atoms with Gasteiger partial charge in [-0.1, -0.05) is 290 Å². The molecule has 0 aromatic heterocycles. The normalized spacial score (nSPS) is 27.4. The van der Waals surface area contributed by atoms with E-state index in [0.29, 0.717) is 18.8 Å². The van der Waals surface area contributed by atoms with Crippen molar-refractivity contribution in [2.45, 2.75) is 414 Å². The zero-order valence-corrected chi connectivity index (χ0v) is 63.7. The van der Waals surface area contributed by atoms with E-state index in [-0.39, 0.29) is 12.8 Å². The van der Waals surface area contributed by atoms with Gasteiger partial charge in [-0.15, -0.1) is 0 Å². The molecular formula is C77H141O24P. The molecule has 3 fully saturated rings. The van der Waals surface area contributed by atoms with Crippen LogP contribution < -0.4 is 0 Å². The van der Waals surface area contributed by atoms with Crippen LogP contribution >= 0.6 is 7.82 Å². The van der Waals surface area contributed by atoms with Crippen molar-refractivity contribution in [1.82, 2.24) is 0 Å². The van der Waals surface area contributed by atoms with E-state index in [1.807, 2.05) is 6.08 Å². The third-order valence-corrected chi connectivity index (χ3v) is 21.0. The van der Waals surface area contributed by atoms with Crippen LogP contribution in [0.3, 0.4) is 0 Å². The molecule has 0 aromatic rings. The summed E-state index contributed by atoms with van der Waals surface area (Å²) in [4.78, 5) is 51.1. The first-order valence-electron chi connectivity index (χ1n) is 40.1. The minimum Gasteiger partial charge on any atom is -0.462 e. The molecule has 102 heavy (non-hydrogen) atoms. The third-order valence-electron chi connectivity index (χ3n) is 20.0. The molecule has 3 aliphatic rings. The van der Waals surface area contributed by atoms with E-state index in [2.05, 4.69) is 27.7 Å². The first-order valence-corrected chi connectivity index (χ1v) is 41.5. The van der Waals surface area contributed by atoms with Crippen molar-refractivity contribution in [3.05, 3.63) is 24.3 Å². The topological polar surface area (TPSA) is 374 Å². The number of allylic oxidation sites excluding steroid dienone is 3. The average Bonchev–Trinajstić information content (AvgIpc) is 0.761. The number of aliphatic hydroxyl groups is 10. The number of unbranched alkanes of at least 4 members (excludes halogenated alkanes) is 36. The lowest BCUT2D eigenvalue weighted by molar-refractivity contribution is -0.360. The zero-order chi connectivity index (χ0) is 74.8. The molecule has 11 N–H and O–H groups in total. The Morgan fingerprint density at radius 3 is 1.25 bits per heavy atom. The lowest BCUT2D eigenvalue weighted by Crippen LogP contribution is -2.69. The molecule has 0 radical (unpaired) electrons. The predicted octanol–water partition coefficient (Wildman–Crippen LogP) is 11.9. The van der Waals surface area contributed by atoms with Gasteiger partial charge in [0.15, 0.2) is 18.7 Å². The molecule has 1 aliphatic carbocycles. The van der Waals surface area contributed by atoms with E-state index in [1.54, 1.807) is 6.08 Å². The van der Waals surface area contributed by atoms with Crippen molar-refractivity contribution >= 4 is 25.7 Å². The first-order chi connectivity index (χ1) is 49.2. The minimum absolute atomic E-state index is 0.0410. The summed E-state index contributed by atoms with van der Waals surface area (Å²) in [5.74, 6) is -1.54. The van der Waals surface area contributed by atoms with Crippen LogP contribution in [0.25, 0.3) is 0 Å². The second-order valence-electron chi connectivity index (χ2n) is 29.1. The Morgan fingerprint density at radius 1 is 0.431 bits per heavy atom. The Morgan fingerprint density at radius 2 is 0.814 bits per heavy atom. The molecule has 1 saturated carbocycles. The smallest absolute Gasteiger partial charge is 0.462 e. The fraction of sp³-hybridized carbons (Fsp3) is 0.909. The van der Waals surface area contributed by atoms with Gasteiger partial charge >= 0.3 is 25.7 Å². The van der Waals surface area contributed by atoms with E-state index in [1.165, 1.54) is 179 Å². The summed E-state index contributed by atoms with van der Waals surface area (Å²) in [7, 11) is -5.71. The average molecular weight is 1480 g/mol. The second kappa shape index (κ2) is 57.5. The molecule has 0 bridgehead atoms. The molecule has 2 saturated heterocycles. The Kier molecular flexibility index (Phi) is 52.8. The fourth-order valence-corrected chi connectivity index (χ4v) is 14.4. The van der Waals surface area contributed by atoms with E-state index < -0.39 is 156 Å². The largest absolute Gasteiger partial charge is 0.472 e. The highest BCUT2D eigenvalue weighted by Gasteiger charge is 2.58. The second-order valence-corrected chi connectivity index (χ2v) is 30.5. The van der Waals surface area contributed by atoms with Crippen LogP contribution in [0, 0.1) is 5.92 Å². The lowest BCUT2D eigenvalue weighted by atomic mass is 9.84. The van der Waals surface area contributed by atoms with E-state index >= 15 is 0 Å². The SMILES string of the molecule is CCCCCCCCCCCCC/C=C/C=C/C(=O)OCC1OC(OC2C(O)C(O)C(O)C(OC3OC(CO)C(O)C(O)C3O)C2OP(=O)(O)OCC(COC(=O)CCCCCCCCCCCCCCCCCC)OC(=O)CCCCCCCCC(C)CCCCCCCC)C(O)C(O)C1O. The molecule has 25 heteroatoms. The summed E-state index contributed by atoms with van der Waals surface area (Å²) in [6.45, 7) is 5.71. The molecule has 19 atom stereocenters. The molecule has 3 rings (SSSR count). The molecule has 2 heterocycles. The number of esters is 3. The molecule has 0 spiro atoms. The molecule has 0 aromatic carbocycles. The van der Waals surface area contributed by atoms with Crippen molar-refractivity contribution in [2.24, 2.45) is 5.92 Å². The van der Waals surface area contributed by atoms with Crippen LogP contribution in [0.15, 0.2) is 24.3 Å². The van der Waals surface area contributed by atoms with E-state index in [4.69, 9.17) is 42.2 Å². The highest BCUT2D eigenvalue weighted by atomic mass is 31.2. The number of rotatable bonds is 62. The van der Waals surface area contributed by atoms with Gasteiger partial charge < -0.3 is 89.1 Å². The quantitative estimate of drug-likeness (QED) is 0.00673.